The molecule has 1 saturated carbocycles. The number of hydrogen-bond donors (Lipinski definition) is 1. The first-order chi connectivity index (χ1) is 12.8. The number of non-ortho nitro benzene ring substituents is 1. The highest BCUT2D eigenvalue weighted by atomic mass is 32.2. The van der Waals surface area contributed by atoms with E-state index in [-0.39, 0.29) is 43.7 Å². The van der Waals surface area contributed by atoms with E-state index in [0.29, 0.717) is 5.56 Å². The van der Waals surface area contributed by atoms with Gasteiger partial charge in [0.1, 0.15) is 0 Å². The van der Waals surface area contributed by atoms with Gasteiger partial charge in [0.15, 0.2) is 0 Å². The summed E-state index contributed by atoms with van der Waals surface area (Å²) in [7, 11) is -3.62. The second-order valence-electron chi connectivity index (χ2n) is 6.62. The van der Waals surface area contributed by atoms with Gasteiger partial charge in [-0.2, -0.15) is 4.31 Å². The third-order valence-corrected chi connectivity index (χ3v) is 6.37. The molecule has 1 N–H and O–H groups in total. The standard InChI is InChI=1S/C16H20N4O6S/c21-15(17-13-3-4-13)16(22)18-7-9-19(10-8-18)27(25,26)11-12-1-5-14(6-2-12)20(23)24/h1-2,5-6,13H,3-4,7-11H2,(H,17,21). The lowest BCUT2D eigenvalue weighted by atomic mass is 10.2. The van der Waals surface area contributed by atoms with Crippen LogP contribution in [-0.2, 0) is 25.4 Å². The Labute approximate surface area is 156 Å². The maximum Gasteiger partial charge on any atom is 0.311 e. The number of nitrogens with zero attached hydrogens (tertiary/aromatic N) is 3. The number of carbonyl (C=O) groups is 2. The molecular formula is C16H20N4O6S. The molecule has 27 heavy (non-hydrogen) atoms. The fraction of sp³-hybridized carbons (Fsp3) is 0.500. The molecule has 10 nitrogen and oxygen atoms in total. The second-order valence-corrected chi connectivity index (χ2v) is 8.59. The Bertz CT molecular complexity index is 842. The van der Waals surface area contributed by atoms with Gasteiger partial charge in [0.2, 0.25) is 10.0 Å². The number of sulfonamides is 1. The maximum atomic E-state index is 12.5. The lowest BCUT2D eigenvalue weighted by molar-refractivity contribution is -0.384. The summed E-state index contributed by atoms with van der Waals surface area (Å²) < 4.78 is 26.4. The van der Waals surface area contributed by atoms with Crippen molar-refractivity contribution in [3.05, 3.63) is 39.9 Å². The fourth-order valence-corrected chi connectivity index (χ4v) is 4.32. The molecule has 1 aromatic carbocycles. The fourth-order valence-electron chi connectivity index (χ4n) is 2.80. The van der Waals surface area contributed by atoms with Gasteiger partial charge in [0.05, 0.1) is 10.7 Å². The number of piperazine rings is 1. The van der Waals surface area contributed by atoms with Gasteiger partial charge >= 0.3 is 11.8 Å². The largest absolute Gasteiger partial charge is 0.345 e. The van der Waals surface area contributed by atoms with Gasteiger partial charge in [-0.1, -0.05) is 12.1 Å². The van der Waals surface area contributed by atoms with Gasteiger partial charge in [-0.15, -0.1) is 0 Å². The van der Waals surface area contributed by atoms with E-state index in [4.69, 9.17) is 0 Å². The summed E-state index contributed by atoms with van der Waals surface area (Å²) in [6.07, 6.45) is 1.77. The molecule has 3 rings (SSSR count). The Morgan fingerprint density at radius 1 is 1.11 bits per heavy atom. The smallest absolute Gasteiger partial charge is 0.311 e. The van der Waals surface area contributed by atoms with E-state index in [1.807, 2.05) is 0 Å². The van der Waals surface area contributed by atoms with Gasteiger partial charge in [-0.05, 0) is 18.4 Å². The lowest BCUT2D eigenvalue weighted by Crippen LogP contribution is -2.54. The molecule has 2 fully saturated rings. The van der Waals surface area contributed by atoms with E-state index >= 15 is 0 Å². The lowest BCUT2D eigenvalue weighted by Gasteiger charge is -2.33. The number of rotatable bonds is 5. The van der Waals surface area contributed by atoms with Crippen molar-refractivity contribution in [2.75, 3.05) is 26.2 Å². The number of benzene rings is 1. The molecule has 146 valence electrons. The zero-order valence-electron chi connectivity index (χ0n) is 14.5. The third-order valence-electron chi connectivity index (χ3n) is 4.52. The molecule has 1 aliphatic heterocycles. The number of nitro benzene ring substituents is 1. The van der Waals surface area contributed by atoms with E-state index in [1.54, 1.807) is 0 Å². The first kappa shape index (κ1) is 19.2. The van der Waals surface area contributed by atoms with Crippen LogP contribution < -0.4 is 5.32 Å². The van der Waals surface area contributed by atoms with Gasteiger partial charge in [0, 0.05) is 44.4 Å². The molecule has 1 saturated heterocycles. The summed E-state index contributed by atoms with van der Waals surface area (Å²) in [5.74, 6) is -1.55. The topological polar surface area (TPSA) is 130 Å². The normalized spacial score (nSPS) is 18.1. The van der Waals surface area contributed by atoms with Crippen molar-refractivity contribution in [3.63, 3.8) is 0 Å². The van der Waals surface area contributed by atoms with E-state index < -0.39 is 26.8 Å². The highest BCUT2D eigenvalue weighted by Gasteiger charge is 2.33. The number of amides is 2. The minimum atomic E-state index is -3.62. The molecule has 0 unspecified atom stereocenters. The second kappa shape index (κ2) is 7.61. The van der Waals surface area contributed by atoms with Crippen molar-refractivity contribution in [1.82, 2.24) is 14.5 Å². The Balaban J connectivity index is 1.55. The molecule has 0 radical (unpaired) electrons. The van der Waals surface area contributed by atoms with Crippen LogP contribution in [0.5, 0.6) is 0 Å². The summed E-state index contributed by atoms with van der Waals surface area (Å²) in [5.41, 5.74) is 0.343. The van der Waals surface area contributed by atoms with Crippen LogP contribution >= 0.6 is 0 Å². The van der Waals surface area contributed by atoms with E-state index in [0.717, 1.165) is 12.8 Å². The zero-order chi connectivity index (χ0) is 19.6. The Morgan fingerprint density at radius 2 is 1.70 bits per heavy atom. The third kappa shape index (κ3) is 4.80. The van der Waals surface area contributed by atoms with Gasteiger partial charge in [-0.25, -0.2) is 8.42 Å². The summed E-state index contributed by atoms with van der Waals surface area (Å²) in [4.78, 5) is 35.4. The van der Waals surface area contributed by atoms with Crippen molar-refractivity contribution < 1.29 is 22.9 Å². The van der Waals surface area contributed by atoms with Gasteiger partial charge in [0.25, 0.3) is 5.69 Å². The first-order valence-corrected chi connectivity index (χ1v) is 10.2. The predicted octanol–water partition coefficient (Wildman–Crippen LogP) is -0.153. The minimum Gasteiger partial charge on any atom is -0.345 e. The van der Waals surface area contributed by atoms with Gasteiger partial charge in [-0.3, -0.25) is 19.7 Å². The summed E-state index contributed by atoms with van der Waals surface area (Å²) >= 11 is 0. The van der Waals surface area contributed by atoms with Crippen LogP contribution in [0.15, 0.2) is 24.3 Å². The van der Waals surface area contributed by atoms with Crippen LogP contribution in [0.25, 0.3) is 0 Å². The molecule has 2 amide bonds. The molecule has 2 aliphatic rings. The van der Waals surface area contributed by atoms with Crippen LogP contribution in [0.1, 0.15) is 18.4 Å². The quantitative estimate of drug-likeness (QED) is 0.418. The molecule has 0 aromatic heterocycles. The van der Waals surface area contributed by atoms with Crippen LogP contribution in [0.2, 0.25) is 0 Å². The van der Waals surface area contributed by atoms with Crippen LogP contribution in [-0.4, -0.2) is 66.6 Å². The SMILES string of the molecule is O=C(NC1CC1)C(=O)N1CCN(S(=O)(=O)Cc2ccc([N+](=O)[O-])cc2)CC1. The average Bonchev–Trinajstić information content (AvgIpc) is 3.45. The number of hydrogen-bond acceptors (Lipinski definition) is 6. The van der Waals surface area contributed by atoms with Gasteiger partial charge < -0.3 is 10.2 Å². The van der Waals surface area contributed by atoms with E-state index in [1.165, 1.54) is 33.5 Å². The van der Waals surface area contributed by atoms with Crippen molar-refractivity contribution >= 4 is 27.5 Å². The Kier molecular flexibility index (Phi) is 5.42. The first-order valence-electron chi connectivity index (χ1n) is 8.57. The van der Waals surface area contributed by atoms with E-state index in [2.05, 4.69) is 5.32 Å². The summed E-state index contributed by atoms with van der Waals surface area (Å²) in [6.45, 7) is 0.516. The average molecular weight is 396 g/mol. The molecule has 1 heterocycles. The molecule has 1 aliphatic carbocycles. The van der Waals surface area contributed by atoms with Crippen LogP contribution in [0.4, 0.5) is 5.69 Å². The van der Waals surface area contributed by atoms with Crippen molar-refractivity contribution in [2.24, 2.45) is 0 Å². The summed E-state index contributed by atoms with van der Waals surface area (Å²) in [5, 5.41) is 13.3. The van der Waals surface area contributed by atoms with Crippen molar-refractivity contribution in [1.29, 1.82) is 0 Å². The van der Waals surface area contributed by atoms with Crippen molar-refractivity contribution in [2.45, 2.75) is 24.6 Å². The van der Waals surface area contributed by atoms with Crippen molar-refractivity contribution in [3.8, 4) is 0 Å². The molecular weight excluding hydrogens is 376 g/mol. The van der Waals surface area contributed by atoms with Crippen LogP contribution in [0, 0.1) is 10.1 Å². The number of carbonyl (C=O) groups excluding carboxylic acids is 2. The molecule has 0 bridgehead atoms. The number of nitrogens with one attached hydrogen (secondary N) is 1. The van der Waals surface area contributed by atoms with E-state index in [9.17, 15) is 28.1 Å². The molecule has 0 spiro atoms. The highest BCUT2D eigenvalue weighted by molar-refractivity contribution is 7.88. The summed E-state index contributed by atoms with van der Waals surface area (Å²) in [6, 6.07) is 5.44. The highest BCUT2D eigenvalue weighted by Crippen LogP contribution is 2.19. The molecule has 0 atom stereocenters. The Morgan fingerprint density at radius 3 is 2.22 bits per heavy atom. The number of nitro groups is 1. The Hall–Kier alpha value is -2.53. The molecule has 11 heteroatoms. The zero-order valence-corrected chi connectivity index (χ0v) is 15.4. The van der Waals surface area contributed by atoms with Crippen LogP contribution in [0.3, 0.4) is 0 Å². The predicted molar refractivity (Wildman–Crippen MR) is 95.0 cm³/mol. The maximum absolute atomic E-state index is 12.5. The monoisotopic (exact) mass is 396 g/mol. The minimum absolute atomic E-state index is 0.0878. The molecule has 1 aromatic rings.